The number of carbonyl (C=O) groups is 2. The zero-order chi connectivity index (χ0) is 25.2. The van der Waals surface area contributed by atoms with Crippen LogP contribution in [0.5, 0.6) is 0 Å². The Labute approximate surface area is 205 Å². The Balaban J connectivity index is 0.000000371. The first kappa shape index (κ1) is 25.9. The maximum atomic E-state index is 9.55. The molecule has 0 atom stereocenters. The van der Waals surface area contributed by atoms with E-state index in [1.165, 1.54) is 22.3 Å². The van der Waals surface area contributed by atoms with Crippen LogP contribution in [0.1, 0.15) is 16.7 Å². The molecule has 2 heterocycles. The number of aliphatic hydroxyl groups is 1. The van der Waals surface area contributed by atoms with Gasteiger partial charge in [0.2, 0.25) is 0 Å². The summed E-state index contributed by atoms with van der Waals surface area (Å²) in [7, 11) is 0. The number of β-amino-alcohol motifs (C(OH)–C–C–N with tert-alkyl or cyclic N) is 1. The summed E-state index contributed by atoms with van der Waals surface area (Å²) in [6, 6.07) is 17.1. The monoisotopic (exact) mass is 477 g/mol. The predicted molar refractivity (Wildman–Crippen MR) is 136 cm³/mol. The standard InChI is InChI=1S/C23H27N3O.C4H4O4/c1-18-7-10-22-20(17-18)8-9-21(19-5-3-2-4-6-19)23(24-22)26-13-11-25(12-14-26)15-16-27;5-3(6)1-2-4(7)8/h2-7,9-10,17,27H,8,11-16H2,1H3;1-2H,(H,5,6)(H,7,8)/b;2-1+. The fraction of sp³-hybridized carbons (Fsp3) is 0.296. The molecule has 4 rings (SSSR count). The van der Waals surface area contributed by atoms with Crippen LogP contribution in [0.25, 0.3) is 5.57 Å². The van der Waals surface area contributed by atoms with Crippen LogP contribution < -0.4 is 0 Å². The minimum atomic E-state index is -1.26. The van der Waals surface area contributed by atoms with Gasteiger partial charge in [0.05, 0.1) is 12.3 Å². The molecule has 0 aromatic heterocycles. The first-order chi connectivity index (χ1) is 16.9. The van der Waals surface area contributed by atoms with Gasteiger partial charge in [-0.25, -0.2) is 14.6 Å². The lowest BCUT2D eigenvalue weighted by atomic mass is 10.0. The van der Waals surface area contributed by atoms with Gasteiger partial charge in [0.1, 0.15) is 5.84 Å². The van der Waals surface area contributed by atoms with E-state index in [9.17, 15) is 14.7 Å². The molecule has 0 aliphatic carbocycles. The van der Waals surface area contributed by atoms with Crippen molar-refractivity contribution in [3.63, 3.8) is 0 Å². The van der Waals surface area contributed by atoms with Crippen LogP contribution in [-0.2, 0) is 16.0 Å². The molecule has 0 spiro atoms. The zero-order valence-electron chi connectivity index (χ0n) is 19.8. The molecule has 8 heteroatoms. The Bertz CT molecular complexity index is 1100. The van der Waals surface area contributed by atoms with Gasteiger partial charge < -0.3 is 20.2 Å². The summed E-state index contributed by atoms with van der Waals surface area (Å²) in [5, 5.41) is 24.8. The molecule has 2 aromatic carbocycles. The second kappa shape index (κ2) is 12.6. The Morgan fingerprint density at radius 1 is 0.971 bits per heavy atom. The van der Waals surface area contributed by atoms with Gasteiger partial charge in [-0.1, -0.05) is 54.1 Å². The number of fused-ring (bicyclic) bond motifs is 1. The molecule has 2 aromatic rings. The topological polar surface area (TPSA) is 114 Å². The van der Waals surface area contributed by atoms with Crippen molar-refractivity contribution in [2.24, 2.45) is 4.99 Å². The SMILES string of the molecule is Cc1ccc2c(c1)CC=C(c1ccccc1)C(N1CCN(CCO)CC1)=N2.O=C(O)/C=C/C(=O)O. The van der Waals surface area contributed by atoms with Gasteiger partial charge in [-0.3, -0.25) is 4.90 Å². The van der Waals surface area contributed by atoms with E-state index in [4.69, 9.17) is 15.2 Å². The highest BCUT2D eigenvalue weighted by atomic mass is 16.4. The third-order valence-corrected chi connectivity index (χ3v) is 5.77. The van der Waals surface area contributed by atoms with E-state index < -0.39 is 11.9 Å². The third-order valence-electron chi connectivity index (χ3n) is 5.77. The molecule has 2 aliphatic rings. The second-order valence-electron chi connectivity index (χ2n) is 8.32. The molecule has 8 nitrogen and oxygen atoms in total. The van der Waals surface area contributed by atoms with Crippen LogP contribution in [0.4, 0.5) is 5.69 Å². The number of piperazine rings is 1. The molecule has 2 aliphatic heterocycles. The number of benzene rings is 2. The predicted octanol–water partition coefficient (Wildman–Crippen LogP) is 2.99. The van der Waals surface area contributed by atoms with E-state index in [1.54, 1.807) is 0 Å². The number of hydrogen-bond donors (Lipinski definition) is 3. The number of allylic oxidation sites excluding steroid dienone is 1. The van der Waals surface area contributed by atoms with E-state index in [-0.39, 0.29) is 6.61 Å². The fourth-order valence-corrected chi connectivity index (χ4v) is 4.04. The normalized spacial score (nSPS) is 15.9. The van der Waals surface area contributed by atoms with Crippen LogP contribution in [-0.4, -0.2) is 82.2 Å². The minimum absolute atomic E-state index is 0.225. The summed E-state index contributed by atoms with van der Waals surface area (Å²) in [5.74, 6) is -1.44. The molecule has 0 saturated carbocycles. The van der Waals surface area contributed by atoms with E-state index in [2.05, 4.69) is 71.3 Å². The van der Waals surface area contributed by atoms with Crippen molar-refractivity contribution in [2.45, 2.75) is 13.3 Å². The second-order valence-corrected chi connectivity index (χ2v) is 8.32. The number of carboxylic acids is 2. The van der Waals surface area contributed by atoms with E-state index in [0.717, 1.165) is 50.7 Å². The van der Waals surface area contributed by atoms with Crippen molar-refractivity contribution in [1.82, 2.24) is 9.80 Å². The summed E-state index contributed by atoms with van der Waals surface area (Å²) in [6.45, 7) is 6.91. The van der Waals surface area contributed by atoms with Crippen LogP contribution in [0.15, 0.2) is 71.8 Å². The first-order valence-corrected chi connectivity index (χ1v) is 11.5. The van der Waals surface area contributed by atoms with Gasteiger partial charge >= 0.3 is 11.9 Å². The number of hydrogen-bond acceptors (Lipinski definition) is 6. The summed E-state index contributed by atoms with van der Waals surface area (Å²) in [6.07, 6.45) is 4.35. The largest absolute Gasteiger partial charge is 0.478 e. The summed E-state index contributed by atoms with van der Waals surface area (Å²) in [5.41, 5.74) is 6.09. The molecule has 0 unspecified atom stereocenters. The van der Waals surface area contributed by atoms with Gasteiger partial charge in [0, 0.05) is 50.4 Å². The number of amidine groups is 1. The Morgan fingerprint density at radius 2 is 1.63 bits per heavy atom. The summed E-state index contributed by atoms with van der Waals surface area (Å²) < 4.78 is 0. The number of carboxylic acid groups (broad SMARTS) is 2. The maximum absolute atomic E-state index is 9.55. The van der Waals surface area contributed by atoms with Gasteiger partial charge in [-0.15, -0.1) is 0 Å². The van der Waals surface area contributed by atoms with Crippen molar-refractivity contribution in [2.75, 3.05) is 39.3 Å². The van der Waals surface area contributed by atoms with Gasteiger partial charge in [-0.05, 0) is 30.5 Å². The summed E-state index contributed by atoms with van der Waals surface area (Å²) in [4.78, 5) is 29.0. The molecular weight excluding hydrogens is 446 g/mol. The van der Waals surface area contributed by atoms with Gasteiger partial charge in [-0.2, -0.15) is 0 Å². The average Bonchev–Trinajstić information content (AvgIpc) is 3.04. The van der Waals surface area contributed by atoms with Crippen molar-refractivity contribution >= 4 is 29.0 Å². The Hall–Kier alpha value is -3.75. The molecular formula is C27H31N3O5. The van der Waals surface area contributed by atoms with Crippen molar-refractivity contribution in [3.8, 4) is 0 Å². The van der Waals surface area contributed by atoms with Gasteiger partial charge in [0.15, 0.2) is 0 Å². The smallest absolute Gasteiger partial charge is 0.328 e. The van der Waals surface area contributed by atoms with Crippen LogP contribution in [0.3, 0.4) is 0 Å². The number of aliphatic hydroxyl groups excluding tert-OH is 1. The zero-order valence-corrected chi connectivity index (χ0v) is 19.8. The van der Waals surface area contributed by atoms with E-state index in [0.29, 0.717) is 12.2 Å². The summed E-state index contributed by atoms with van der Waals surface area (Å²) >= 11 is 0. The number of aliphatic carboxylic acids is 2. The lowest BCUT2D eigenvalue weighted by molar-refractivity contribution is -0.134. The molecule has 184 valence electrons. The molecule has 0 bridgehead atoms. The number of nitrogens with zero attached hydrogens (tertiary/aromatic N) is 3. The quantitative estimate of drug-likeness (QED) is 0.568. The lowest BCUT2D eigenvalue weighted by Gasteiger charge is -2.36. The van der Waals surface area contributed by atoms with Gasteiger partial charge in [0.25, 0.3) is 0 Å². The average molecular weight is 478 g/mol. The highest BCUT2D eigenvalue weighted by Gasteiger charge is 2.24. The fourth-order valence-electron chi connectivity index (χ4n) is 4.04. The maximum Gasteiger partial charge on any atom is 0.328 e. The van der Waals surface area contributed by atoms with E-state index in [1.807, 2.05) is 0 Å². The van der Waals surface area contributed by atoms with E-state index >= 15 is 0 Å². The first-order valence-electron chi connectivity index (χ1n) is 11.5. The van der Waals surface area contributed by atoms with Crippen molar-refractivity contribution in [3.05, 3.63) is 83.4 Å². The number of aryl methyl sites for hydroxylation is 1. The highest BCUT2D eigenvalue weighted by Crippen LogP contribution is 2.30. The van der Waals surface area contributed by atoms with Crippen LogP contribution in [0.2, 0.25) is 0 Å². The Morgan fingerprint density at radius 3 is 2.23 bits per heavy atom. The molecule has 3 N–H and O–H groups in total. The van der Waals surface area contributed by atoms with Crippen LogP contribution in [0, 0.1) is 6.92 Å². The minimum Gasteiger partial charge on any atom is -0.478 e. The Kier molecular flexibility index (Phi) is 9.34. The molecule has 1 saturated heterocycles. The molecule has 35 heavy (non-hydrogen) atoms. The third kappa shape index (κ3) is 7.63. The molecule has 0 radical (unpaired) electrons. The highest BCUT2D eigenvalue weighted by molar-refractivity contribution is 6.23. The van der Waals surface area contributed by atoms with Crippen LogP contribution >= 0.6 is 0 Å². The lowest BCUT2D eigenvalue weighted by Crippen LogP contribution is -2.49. The molecule has 0 amide bonds. The molecule has 1 fully saturated rings. The van der Waals surface area contributed by atoms with Crippen molar-refractivity contribution in [1.29, 1.82) is 0 Å². The number of aliphatic imine (C=N–C) groups is 1. The van der Waals surface area contributed by atoms with Crippen molar-refractivity contribution < 1.29 is 24.9 Å². The number of rotatable bonds is 5.